The number of halogens is 3. The first-order valence-electron chi connectivity index (χ1n) is 7.05. The fraction of sp³-hybridized carbons (Fsp3) is 0.250. The van der Waals surface area contributed by atoms with E-state index in [9.17, 15) is 21.6 Å². The van der Waals surface area contributed by atoms with Gasteiger partial charge in [-0.25, -0.2) is 12.8 Å². The number of hydrogen-bond donors (Lipinski definition) is 1. The van der Waals surface area contributed by atoms with E-state index in [2.05, 4.69) is 5.32 Å². The second-order valence-corrected chi connectivity index (χ2v) is 7.33. The van der Waals surface area contributed by atoms with Crippen LogP contribution in [0, 0.1) is 5.82 Å². The number of fused-ring (bicyclic) bond motifs is 1. The molecule has 0 amide bonds. The molecule has 23 heavy (non-hydrogen) atoms. The maximum Gasteiger partial charge on any atom is 0.341 e. The molecule has 1 aliphatic rings. The lowest BCUT2D eigenvalue weighted by Gasteiger charge is -2.16. The highest BCUT2D eigenvalue weighted by Crippen LogP contribution is 2.34. The number of sulfone groups is 1. The van der Waals surface area contributed by atoms with Crippen molar-refractivity contribution in [1.82, 2.24) is 0 Å². The normalized spacial score (nSPS) is 17.3. The summed E-state index contributed by atoms with van der Waals surface area (Å²) in [5, 5.41) is 3.18. The molecule has 1 unspecified atom stereocenters. The molecule has 0 saturated heterocycles. The molecule has 122 valence electrons. The molecule has 2 aromatic carbocycles. The van der Waals surface area contributed by atoms with Crippen molar-refractivity contribution in [3.05, 3.63) is 59.4 Å². The van der Waals surface area contributed by atoms with Crippen molar-refractivity contribution in [2.75, 3.05) is 5.32 Å². The van der Waals surface area contributed by atoms with Crippen LogP contribution in [0.3, 0.4) is 0 Å². The highest BCUT2D eigenvalue weighted by Gasteiger charge is 2.27. The molecule has 1 aliphatic carbocycles. The van der Waals surface area contributed by atoms with Gasteiger partial charge in [-0.15, -0.1) is 0 Å². The van der Waals surface area contributed by atoms with Gasteiger partial charge in [-0.05, 0) is 60.4 Å². The van der Waals surface area contributed by atoms with Crippen molar-refractivity contribution in [2.24, 2.45) is 0 Å². The second-order valence-electron chi connectivity index (χ2n) is 5.41. The molecule has 0 saturated carbocycles. The summed E-state index contributed by atoms with van der Waals surface area (Å²) in [5.41, 5.74) is 2.54. The number of hydrogen-bond acceptors (Lipinski definition) is 3. The molecule has 0 aromatic heterocycles. The van der Waals surface area contributed by atoms with Crippen LogP contribution in [-0.2, 0) is 16.3 Å². The Bertz CT molecular complexity index is 820. The van der Waals surface area contributed by atoms with Crippen molar-refractivity contribution < 1.29 is 21.6 Å². The average Bonchev–Trinajstić information content (AvgIpc) is 2.90. The van der Waals surface area contributed by atoms with Crippen LogP contribution in [0.2, 0.25) is 0 Å². The van der Waals surface area contributed by atoms with Crippen molar-refractivity contribution >= 4 is 15.5 Å². The molecule has 0 heterocycles. The maximum atomic E-state index is 13.4. The monoisotopic (exact) mass is 341 g/mol. The van der Waals surface area contributed by atoms with Crippen LogP contribution < -0.4 is 5.32 Å². The Hall–Kier alpha value is -2.02. The summed E-state index contributed by atoms with van der Waals surface area (Å²) >= 11 is 0. The van der Waals surface area contributed by atoms with Crippen molar-refractivity contribution in [3.63, 3.8) is 0 Å². The largest absolute Gasteiger partial charge is 0.378 e. The standard InChI is InChI=1S/C16H14F3NO2S/c17-11-3-1-10-2-8-15(14(10)9-11)20-12-4-6-13(7-5-12)23(21,22)16(18)19/h1,3-7,9,15-16,20H,2,8H2. The third-order valence-corrected chi connectivity index (χ3v) is 5.34. The predicted molar refractivity (Wildman–Crippen MR) is 80.7 cm³/mol. The third-order valence-electron chi connectivity index (χ3n) is 3.94. The molecule has 7 heteroatoms. The fourth-order valence-corrected chi connectivity index (χ4v) is 3.49. The topological polar surface area (TPSA) is 46.2 Å². The fourth-order valence-electron chi connectivity index (χ4n) is 2.77. The Balaban J connectivity index is 1.80. The minimum Gasteiger partial charge on any atom is -0.378 e. The van der Waals surface area contributed by atoms with E-state index in [1.165, 1.54) is 24.3 Å². The predicted octanol–water partition coefficient (Wildman–Crippen LogP) is 3.92. The maximum absolute atomic E-state index is 13.4. The van der Waals surface area contributed by atoms with E-state index >= 15 is 0 Å². The first-order valence-corrected chi connectivity index (χ1v) is 8.59. The van der Waals surface area contributed by atoms with Crippen LogP contribution in [0.5, 0.6) is 0 Å². The van der Waals surface area contributed by atoms with E-state index in [0.29, 0.717) is 5.69 Å². The van der Waals surface area contributed by atoms with Gasteiger partial charge in [-0.3, -0.25) is 0 Å². The summed E-state index contributed by atoms with van der Waals surface area (Å²) in [7, 11) is -4.59. The second kappa shape index (κ2) is 5.88. The Labute approximate surface area is 132 Å². The zero-order valence-electron chi connectivity index (χ0n) is 12.0. The Kier molecular flexibility index (Phi) is 4.06. The number of aryl methyl sites for hydroxylation is 1. The smallest absolute Gasteiger partial charge is 0.341 e. The first-order chi connectivity index (χ1) is 10.9. The minimum absolute atomic E-state index is 0.0849. The minimum atomic E-state index is -4.59. The van der Waals surface area contributed by atoms with Gasteiger partial charge in [-0.1, -0.05) is 6.07 Å². The van der Waals surface area contributed by atoms with Crippen LogP contribution in [0.25, 0.3) is 0 Å². The van der Waals surface area contributed by atoms with Crippen LogP contribution in [-0.4, -0.2) is 14.2 Å². The van der Waals surface area contributed by atoms with E-state index in [-0.39, 0.29) is 11.9 Å². The number of anilines is 1. The highest BCUT2D eigenvalue weighted by atomic mass is 32.2. The summed E-state index contributed by atoms with van der Waals surface area (Å²) in [4.78, 5) is -0.420. The number of benzene rings is 2. The molecular formula is C16H14F3NO2S. The molecule has 0 aliphatic heterocycles. The molecule has 2 aromatic rings. The number of nitrogens with one attached hydrogen (secondary N) is 1. The lowest BCUT2D eigenvalue weighted by molar-refractivity contribution is 0.234. The lowest BCUT2D eigenvalue weighted by Crippen LogP contribution is -2.12. The first kappa shape index (κ1) is 15.9. The van der Waals surface area contributed by atoms with Gasteiger partial charge in [0.1, 0.15) is 5.82 Å². The molecule has 0 radical (unpaired) electrons. The average molecular weight is 341 g/mol. The molecule has 1 atom stereocenters. The zero-order chi connectivity index (χ0) is 16.6. The molecule has 0 bridgehead atoms. The van der Waals surface area contributed by atoms with E-state index in [1.54, 1.807) is 6.07 Å². The summed E-state index contributed by atoms with van der Waals surface area (Å²) in [6.45, 7) is 0. The molecule has 0 fully saturated rings. The Morgan fingerprint density at radius 2 is 1.78 bits per heavy atom. The van der Waals surface area contributed by atoms with Gasteiger partial charge in [0.15, 0.2) is 0 Å². The summed E-state index contributed by atoms with van der Waals surface area (Å²) in [6.07, 6.45) is 1.61. The summed E-state index contributed by atoms with van der Waals surface area (Å²) < 4.78 is 61.1. The molecule has 3 rings (SSSR count). The summed E-state index contributed by atoms with van der Waals surface area (Å²) in [6, 6.07) is 9.74. The van der Waals surface area contributed by atoms with Crippen LogP contribution >= 0.6 is 0 Å². The van der Waals surface area contributed by atoms with Gasteiger partial charge in [-0.2, -0.15) is 8.78 Å². The molecule has 3 nitrogen and oxygen atoms in total. The van der Waals surface area contributed by atoms with E-state index in [1.807, 2.05) is 0 Å². The van der Waals surface area contributed by atoms with E-state index < -0.39 is 20.5 Å². The van der Waals surface area contributed by atoms with E-state index in [0.717, 1.165) is 36.1 Å². The Morgan fingerprint density at radius 1 is 1.09 bits per heavy atom. The van der Waals surface area contributed by atoms with Gasteiger partial charge in [0.05, 0.1) is 10.9 Å². The van der Waals surface area contributed by atoms with Crippen molar-refractivity contribution in [3.8, 4) is 0 Å². The van der Waals surface area contributed by atoms with Gasteiger partial charge >= 0.3 is 5.76 Å². The lowest BCUT2D eigenvalue weighted by atomic mass is 10.1. The van der Waals surface area contributed by atoms with Crippen molar-refractivity contribution in [1.29, 1.82) is 0 Å². The quantitative estimate of drug-likeness (QED) is 0.917. The summed E-state index contributed by atoms with van der Waals surface area (Å²) in [5.74, 6) is -3.75. The number of rotatable bonds is 4. The molecule has 0 spiro atoms. The van der Waals surface area contributed by atoms with Gasteiger partial charge in [0.25, 0.3) is 0 Å². The highest BCUT2D eigenvalue weighted by molar-refractivity contribution is 7.91. The molecule has 1 N–H and O–H groups in total. The zero-order valence-corrected chi connectivity index (χ0v) is 12.8. The molecular weight excluding hydrogens is 327 g/mol. The van der Waals surface area contributed by atoms with Crippen LogP contribution in [0.4, 0.5) is 18.9 Å². The third kappa shape index (κ3) is 3.06. The van der Waals surface area contributed by atoms with Gasteiger partial charge in [0.2, 0.25) is 9.84 Å². The van der Waals surface area contributed by atoms with Gasteiger partial charge < -0.3 is 5.32 Å². The van der Waals surface area contributed by atoms with Gasteiger partial charge in [0, 0.05) is 5.69 Å². The Morgan fingerprint density at radius 3 is 2.43 bits per heavy atom. The number of alkyl halides is 2. The SMILES string of the molecule is O=S(=O)(c1ccc(NC2CCc3ccc(F)cc32)cc1)C(F)F. The van der Waals surface area contributed by atoms with Crippen molar-refractivity contribution in [2.45, 2.75) is 29.5 Å². The van der Waals surface area contributed by atoms with Crippen LogP contribution in [0.15, 0.2) is 47.4 Å². The van der Waals surface area contributed by atoms with Crippen LogP contribution in [0.1, 0.15) is 23.6 Å². The van der Waals surface area contributed by atoms with E-state index in [4.69, 9.17) is 0 Å².